The van der Waals surface area contributed by atoms with Crippen molar-refractivity contribution in [2.24, 2.45) is 0 Å². The number of ether oxygens (including phenoxy) is 1. The number of benzene rings is 2. The van der Waals surface area contributed by atoms with Gasteiger partial charge in [0.05, 0.1) is 11.6 Å². The Labute approximate surface area is 141 Å². The normalized spacial score (nSPS) is 10.0. The van der Waals surface area contributed by atoms with Crippen molar-refractivity contribution in [3.8, 4) is 17.7 Å². The van der Waals surface area contributed by atoms with E-state index in [9.17, 15) is 0 Å². The maximum Gasteiger partial charge on any atom is 0.219 e. The van der Waals surface area contributed by atoms with Gasteiger partial charge in [0, 0.05) is 24.5 Å². The lowest BCUT2D eigenvalue weighted by Crippen LogP contribution is -2.00. The molecule has 0 fully saturated rings. The Morgan fingerprint density at radius 3 is 2.58 bits per heavy atom. The molecule has 0 amide bonds. The molecule has 0 radical (unpaired) electrons. The summed E-state index contributed by atoms with van der Waals surface area (Å²) in [5, 5.41) is 12.2. The second-order valence-electron chi connectivity index (χ2n) is 5.47. The molecule has 118 valence electrons. The molecule has 0 aliphatic carbocycles. The zero-order chi connectivity index (χ0) is 16.8. The Balaban J connectivity index is 1.59. The quantitative estimate of drug-likeness (QED) is 0.743. The third-order valence-electron chi connectivity index (χ3n) is 3.52. The van der Waals surface area contributed by atoms with E-state index in [1.54, 1.807) is 30.5 Å². The number of hydrogen-bond acceptors (Lipinski definition) is 4. The predicted molar refractivity (Wildman–Crippen MR) is 94.0 cm³/mol. The summed E-state index contributed by atoms with van der Waals surface area (Å²) in [6, 6.07) is 21.1. The van der Waals surface area contributed by atoms with Crippen LogP contribution in [0.2, 0.25) is 0 Å². The number of pyridine rings is 1. The molecular formula is C20H17N3O. The van der Waals surface area contributed by atoms with Crippen LogP contribution in [0, 0.1) is 18.3 Å². The van der Waals surface area contributed by atoms with Crippen LogP contribution in [-0.4, -0.2) is 4.98 Å². The van der Waals surface area contributed by atoms with Crippen molar-refractivity contribution in [3.05, 3.63) is 83.6 Å². The van der Waals surface area contributed by atoms with Crippen molar-refractivity contribution in [1.29, 1.82) is 5.26 Å². The van der Waals surface area contributed by atoms with Crippen molar-refractivity contribution in [2.75, 3.05) is 5.32 Å². The van der Waals surface area contributed by atoms with E-state index in [1.165, 1.54) is 5.56 Å². The van der Waals surface area contributed by atoms with E-state index in [-0.39, 0.29) is 0 Å². The number of anilines is 1. The summed E-state index contributed by atoms with van der Waals surface area (Å²) in [7, 11) is 0. The minimum Gasteiger partial charge on any atom is -0.439 e. The van der Waals surface area contributed by atoms with Gasteiger partial charge in [-0.15, -0.1) is 0 Å². The minimum absolute atomic E-state index is 0.527. The number of aryl methyl sites for hydroxylation is 1. The van der Waals surface area contributed by atoms with E-state index < -0.39 is 0 Å². The number of aromatic nitrogens is 1. The summed E-state index contributed by atoms with van der Waals surface area (Å²) in [5.74, 6) is 1.19. The standard InChI is InChI=1S/C20H17N3O/c1-15-3-2-4-18(11-15)22-13-17-7-10-20(23-14-17)24-19-8-5-16(12-21)6-9-19/h2-11,14,22H,13H2,1H3. The molecule has 3 rings (SSSR count). The predicted octanol–water partition coefficient (Wildman–Crippen LogP) is 4.67. The maximum absolute atomic E-state index is 8.79. The van der Waals surface area contributed by atoms with Gasteiger partial charge >= 0.3 is 0 Å². The van der Waals surface area contributed by atoms with Crippen molar-refractivity contribution >= 4 is 5.69 Å². The first-order chi connectivity index (χ1) is 11.7. The summed E-state index contributed by atoms with van der Waals surface area (Å²) in [5.41, 5.74) is 3.99. The van der Waals surface area contributed by atoms with Gasteiger partial charge in [0.1, 0.15) is 5.75 Å². The van der Waals surface area contributed by atoms with E-state index >= 15 is 0 Å². The van der Waals surface area contributed by atoms with Crippen molar-refractivity contribution in [1.82, 2.24) is 4.98 Å². The topological polar surface area (TPSA) is 57.9 Å². The summed E-state index contributed by atoms with van der Waals surface area (Å²) >= 11 is 0. The van der Waals surface area contributed by atoms with E-state index in [1.807, 2.05) is 24.3 Å². The monoisotopic (exact) mass is 315 g/mol. The lowest BCUT2D eigenvalue weighted by atomic mass is 10.2. The van der Waals surface area contributed by atoms with Crippen LogP contribution in [-0.2, 0) is 6.54 Å². The van der Waals surface area contributed by atoms with Crippen LogP contribution in [0.25, 0.3) is 0 Å². The first kappa shape index (κ1) is 15.6. The summed E-state index contributed by atoms with van der Waals surface area (Å²) < 4.78 is 5.67. The number of hydrogen-bond donors (Lipinski definition) is 1. The first-order valence-electron chi connectivity index (χ1n) is 7.66. The van der Waals surface area contributed by atoms with Gasteiger partial charge in [0.25, 0.3) is 0 Å². The number of nitrogens with one attached hydrogen (secondary N) is 1. The molecule has 24 heavy (non-hydrogen) atoms. The molecule has 1 aromatic heterocycles. The van der Waals surface area contributed by atoms with E-state index in [0.29, 0.717) is 23.7 Å². The van der Waals surface area contributed by atoms with Crippen molar-refractivity contribution in [3.63, 3.8) is 0 Å². The zero-order valence-corrected chi connectivity index (χ0v) is 13.4. The van der Waals surface area contributed by atoms with Gasteiger partial charge in [-0.2, -0.15) is 5.26 Å². The van der Waals surface area contributed by atoms with Gasteiger partial charge in [-0.05, 0) is 54.4 Å². The Morgan fingerprint density at radius 1 is 1.08 bits per heavy atom. The van der Waals surface area contributed by atoms with Crippen LogP contribution in [0.3, 0.4) is 0 Å². The van der Waals surface area contributed by atoms with Gasteiger partial charge in [0.15, 0.2) is 0 Å². The molecule has 4 nitrogen and oxygen atoms in total. The largest absolute Gasteiger partial charge is 0.439 e. The summed E-state index contributed by atoms with van der Waals surface area (Å²) in [4.78, 5) is 4.32. The molecule has 0 aliphatic heterocycles. The highest BCUT2D eigenvalue weighted by molar-refractivity contribution is 5.46. The van der Waals surface area contributed by atoms with Gasteiger partial charge < -0.3 is 10.1 Å². The Kier molecular flexibility index (Phi) is 4.73. The average molecular weight is 315 g/mol. The Morgan fingerprint density at radius 2 is 1.92 bits per heavy atom. The Bertz CT molecular complexity index is 849. The fourth-order valence-electron chi connectivity index (χ4n) is 2.25. The number of rotatable bonds is 5. The zero-order valence-electron chi connectivity index (χ0n) is 13.4. The van der Waals surface area contributed by atoms with Crippen LogP contribution >= 0.6 is 0 Å². The van der Waals surface area contributed by atoms with Gasteiger partial charge in [-0.3, -0.25) is 0 Å². The van der Waals surface area contributed by atoms with Gasteiger partial charge in [-0.25, -0.2) is 4.98 Å². The van der Waals surface area contributed by atoms with Crippen LogP contribution in [0.4, 0.5) is 5.69 Å². The summed E-state index contributed by atoms with van der Waals surface area (Å²) in [6.45, 7) is 2.77. The number of nitriles is 1. The lowest BCUT2D eigenvalue weighted by molar-refractivity contribution is 0.462. The molecule has 0 unspecified atom stereocenters. The highest BCUT2D eigenvalue weighted by Gasteiger charge is 2.01. The second-order valence-corrected chi connectivity index (χ2v) is 5.47. The fourth-order valence-corrected chi connectivity index (χ4v) is 2.25. The smallest absolute Gasteiger partial charge is 0.219 e. The molecule has 4 heteroatoms. The van der Waals surface area contributed by atoms with Crippen molar-refractivity contribution < 1.29 is 4.74 Å². The molecule has 0 saturated carbocycles. The van der Waals surface area contributed by atoms with Crippen LogP contribution in [0.5, 0.6) is 11.6 Å². The first-order valence-corrected chi connectivity index (χ1v) is 7.66. The van der Waals surface area contributed by atoms with Gasteiger partial charge in [-0.1, -0.05) is 18.2 Å². The highest BCUT2D eigenvalue weighted by atomic mass is 16.5. The molecule has 1 N–H and O–H groups in total. The maximum atomic E-state index is 8.79. The third-order valence-corrected chi connectivity index (χ3v) is 3.52. The molecule has 0 saturated heterocycles. The Hall–Kier alpha value is -3.32. The van der Waals surface area contributed by atoms with E-state index in [2.05, 4.69) is 35.4 Å². The minimum atomic E-state index is 0.527. The number of nitrogens with zero attached hydrogens (tertiary/aromatic N) is 2. The average Bonchev–Trinajstić information content (AvgIpc) is 2.62. The molecule has 0 atom stereocenters. The molecular weight excluding hydrogens is 298 g/mol. The molecule has 0 bridgehead atoms. The lowest BCUT2D eigenvalue weighted by Gasteiger charge is -2.08. The van der Waals surface area contributed by atoms with E-state index in [0.717, 1.165) is 11.3 Å². The van der Waals surface area contributed by atoms with E-state index in [4.69, 9.17) is 10.00 Å². The molecule has 0 aliphatic rings. The molecule has 0 spiro atoms. The van der Waals surface area contributed by atoms with Gasteiger partial charge in [0.2, 0.25) is 5.88 Å². The van der Waals surface area contributed by atoms with Crippen molar-refractivity contribution in [2.45, 2.75) is 13.5 Å². The fraction of sp³-hybridized carbons (Fsp3) is 0.100. The third kappa shape index (κ3) is 4.11. The molecule has 3 aromatic rings. The van der Waals surface area contributed by atoms with Crippen LogP contribution in [0.1, 0.15) is 16.7 Å². The molecule has 2 aromatic carbocycles. The second kappa shape index (κ2) is 7.30. The molecule has 1 heterocycles. The van der Waals surface area contributed by atoms with Crippen LogP contribution in [0.15, 0.2) is 66.9 Å². The van der Waals surface area contributed by atoms with Crippen LogP contribution < -0.4 is 10.1 Å². The highest BCUT2D eigenvalue weighted by Crippen LogP contribution is 2.20. The SMILES string of the molecule is Cc1cccc(NCc2ccc(Oc3ccc(C#N)cc3)nc2)c1. The summed E-state index contributed by atoms with van der Waals surface area (Å²) in [6.07, 6.45) is 1.79.